The number of H-pyrrole nitrogens is 1. The van der Waals surface area contributed by atoms with Crippen LogP contribution in [0.1, 0.15) is 21.7 Å². The molecule has 0 fully saturated rings. The van der Waals surface area contributed by atoms with Crippen molar-refractivity contribution in [2.24, 2.45) is 0 Å². The summed E-state index contributed by atoms with van der Waals surface area (Å²) in [5, 5.41) is 14.7. The fraction of sp³-hybridized carbons (Fsp3) is 0.125. The van der Waals surface area contributed by atoms with Gasteiger partial charge in [-0.2, -0.15) is 5.10 Å². The lowest BCUT2D eigenvalue weighted by Gasteiger charge is -2.12. The molecule has 0 saturated heterocycles. The summed E-state index contributed by atoms with van der Waals surface area (Å²) in [5.74, 6) is -0.148. The molecule has 0 radical (unpaired) electrons. The second-order valence-electron chi connectivity index (χ2n) is 6.88. The molecule has 2 aromatic carbocycles. The van der Waals surface area contributed by atoms with Crippen LogP contribution in [-0.4, -0.2) is 41.3 Å². The average Bonchev–Trinajstić information content (AvgIpc) is 3.21. The molecule has 0 saturated carbocycles. The van der Waals surface area contributed by atoms with Crippen molar-refractivity contribution in [1.82, 2.24) is 20.5 Å². The Hall–Kier alpha value is -3.97. The van der Waals surface area contributed by atoms with Gasteiger partial charge in [-0.15, -0.1) is 0 Å². The minimum Gasteiger partial charge on any atom is -0.383 e. The first-order chi connectivity index (χ1) is 15.2. The Morgan fingerprint density at radius 1 is 1.10 bits per heavy atom. The summed E-state index contributed by atoms with van der Waals surface area (Å²) in [6.07, 6.45) is 5.63. The molecule has 0 aliphatic rings. The fourth-order valence-electron chi connectivity index (χ4n) is 3.19. The number of pyridine rings is 1. The number of amides is 1. The van der Waals surface area contributed by atoms with Crippen LogP contribution in [0, 0.1) is 0 Å². The Morgan fingerprint density at radius 2 is 1.97 bits per heavy atom. The number of hydrogen-bond acceptors (Lipinski definition) is 5. The van der Waals surface area contributed by atoms with Crippen molar-refractivity contribution >= 4 is 40.3 Å². The van der Waals surface area contributed by atoms with E-state index in [-0.39, 0.29) is 5.91 Å². The highest BCUT2D eigenvalue weighted by Gasteiger charge is 2.11. The lowest BCUT2D eigenvalue weighted by Crippen LogP contribution is -2.27. The number of fused-ring (bicyclic) bond motifs is 1. The van der Waals surface area contributed by atoms with E-state index in [4.69, 9.17) is 4.74 Å². The second-order valence-corrected chi connectivity index (χ2v) is 6.88. The van der Waals surface area contributed by atoms with E-state index in [0.29, 0.717) is 18.7 Å². The number of nitrogens with zero attached hydrogens (tertiary/aromatic N) is 2. The Bertz CT molecular complexity index is 1200. The van der Waals surface area contributed by atoms with Crippen molar-refractivity contribution in [2.45, 2.75) is 0 Å². The van der Waals surface area contributed by atoms with E-state index >= 15 is 0 Å². The number of anilines is 2. The van der Waals surface area contributed by atoms with Gasteiger partial charge in [-0.25, -0.2) is 0 Å². The van der Waals surface area contributed by atoms with Crippen molar-refractivity contribution in [3.8, 4) is 0 Å². The quantitative estimate of drug-likeness (QED) is 0.376. The van der Waals surface area contributed by atoms with Crippen molar-refractivity contribution in [2.75, 3.05) is 25.6 Å². The monoisotopic (exact) mass is 413 g/mol. The van der Waals surface area contributed by atoms with Gasteiger partial charge in [0.25, 0.3) is 5.91 Å². The normalized spacial score (nSPS) is 11.1. The smallest absolute Gasteiger partial charge is 0.253 e. The zero-order valence-electron chi connectivity index (χ0n) is 17.1. The Morgan fingerprint density at radius 3 is 2.81 bits per heavy atom. The van der Waals surface area contributed by atoms with Crippen LogP contribution in [-0.2, 0) is 4.74 Å². The van der Waals surface area contributed by atoms with E-state index in [1.807, 2.05) is 66.7 Å². The summed E-state index contributed by atoms with van der Waals surface area (Å²) in [6, 6.07) is 19.1. The Kier molecular flexibility index (Phi) is 6.35. The van der Waals surface area contributed by atoms with Crippen LogP contribution >= 0.6 is 0 Å². The molecule has 7 nitrogen and oxygen atoms in total. The van der Waals surface area contributed by atoms with E-state index in [9.17, 15) is 4.79 Å². The van der Waals surface area contributed by atoms with E-state index in [0.717, 1.165) is 33.7 Å². The van der Waals surface area contributed by atoms with Crippen LogP contribution in [0.2, 0.25) is 0 Å². The van der Waals surface area contributed by atoms with Gasteiger partial charge in [0.05, 0.1) is 34.8 Å². The number of benzene rings is 2. The molecule has 4 aromatic rings. The summed E-state index contributed by atoms with van der Waals surface area (Å²) >= 11 is 0. The van der Waals surface area contributed by atoms with Gasteiger partial charge in [0, 0.05) is 30.9 Å². The van der Waals surface area contributed by atoms with Crippen molar-refractivity contribution in [1.29, 1.82) is 0 Å². The number of rotatable bonds is 8. The van der Waals surface area contributed by atoms with E-state index in [1.54, 1.807) is 19.4 Å². The molecule has 1 amide bonds. The summed E-state index contributed by atoms with van der Waals surface area (Å²) in [6.45, 7) is 0.924. The predicted molar refractivity (Wildman–Crippen MR) is 123 cm³/mol. The number of carbonyl (C=O) groups excluding carboxylic acids is 1. The maximum atomic E-state index is 12.5. The number of methoxy groups -OCH3 is 1. The number of aromatic nitrogens is 3. The molecule has 0 spiro atoms. The van der Waals surface area contributed by atoms with Crippen molar-refractivity contribution < 1.29 is 9.53 Å². The van der Waals surface area contributed by atoms with E-state index in [1.165, 1.54) is 0 Å². The predicted octanol–water partition coefficient (Wildman–Crippen LogP) is 4.25. The first kappa shape index (κ1) is 20.3. The minimum atomic E-state index is -0.148. The van der Waals surface area contributed by atoms with Gasteiger partial charge in [-0.3, -0.25) is 14.9 Å². The molecule has 0 aliphatic carbocycles. The highest BCUT2D eigenvalue weighted by Crippen LogP contribution is 2.26. The average molecular weight is 413 g/mol. The second kappa shape index (κ2) is 9.69. The largest absolute Gasteiger partial charge is 0.383 e. The first-order valence-electron chi connectivity index (χ1n) is 9.95. The van der Waals surface area contributed by atoms with Gasteiger partial charge < -0.3 is 15.4 Å². The van der Waals surface area contributed by atoms with Crippen LogP contribution < -0.4 is 10.6 Å². The topological polar surface area (TPSA) is 91.9 Å². The minimum absolute atomic E-state index is 0.148. The number of ether oxygens (including phenoxy) is 1. The van der Waals surface area contributed by atoms with Gasteiger partial charge in [0.15, 0.2) is 0 Å². The van der Waals surface area contributed by atoms with Gasteiger partial charge >= 0.3 is 0 Å². The molecule has 156 valence electrons. The molecule has 0 aliphatic heterocycles. The molecular weight excluding hydrogens is 390 g/mol. The van der Waals surface area contributed by atoms with Crippen LogP contribution in [0.4, 0.5) is 11.4 Å². The van der Waals surface area contributed by atoms with E-state index in [2.05, 4.69) is 25.8 Å². The van der Waals surface area contributed by atoms with E-state index < -0.39 is 0 Å². The summed E-state index contributed by atoms with van der Waals surface area (Å²) < 4.78 is 4.99. The van der Waals surface area contributed by atoms with Crippen LogP contribution in [0.5, 0.6) is 0 Å². The molecule has 31 heavy (non-hydrogen) atoms. The molecule has 2 heterocycles. The molecule has 3 N–H and O–H groups in total. The third-order valence-corrected chi connectivity index (χ3v) is 4.73. The summed E-state index contributed by atoms with van der Waals surface area (Å²) in [7, 11) is 1.60. The molecule has 7 heteroatoms. The van der Waals surface area contributed by atoms with Gasteiger partial charge in [-0.05, 0) is 54.6 Å². The molecule has 4 rings (SSSR count). The van der Waals surface area contributed by atoms with Crippen LogP contribution in [0.25, 0.3) is 23.1 Å². The third-order valence-electron chi connectivity index (χ3n) is 4.73. The molecule has 0 bridgehead atoms. The van der Waals surface area contributed by atoms with Crippen molar-refractivity contribution in [3.05, 3.63) is 83.8 Å². The Balaban J connectivity index is 1.53. The highest BCUT2D eigenvalue weighted by atomic mass is 16.5. The maximum absolute atomic E-state index is 12.5. The third kappa shape index (κ3) is 4.96. The summed E-state index contributed by atoms with van der Waals surface area (Å²) in [4.78, 5) is 16.8. The maximum Gasteiger partial charge on any atom is 0.253 e. The lowest BCUT2D eigenvalue weighted by molar-refractivity contribution is 0.0938. The van der Waals surface area contributed by atoms with Crippen LogP contribution in [0.15, 0.2) is 66.9 Å². The van der Waals surface area contributed by atoms with Crippen molar-refractivity contribution in [3.63, 3.8) is 0 Å². The highest BCUT2D eigenvalue weighted by molar-refractivity contribution is 6.00. The zero-order chi connectivity index (χ0) is 21.5. The van der Waals surface area contributed by atoms with Crippen LogP contribution in [0.3, 0.4) is 0 Å². The Labute approximate surface area is 180 Å². The number of carbonyl (C=O) groups is 1. The first-order valence-corrected chi connectivity index (χ1v) is 9.95. The molecule has 2 aromatic heterocycles. The molecule has 0 atom stereocenters. The number of nitrogens with one attached hydrogen (secondary N) is 3. The van der Waals surface area contributed by atoms with Gasteiger partial charge in [-0.1, -0.05) is 18.2 Å². The zero-order valence-corrected chi connectivity index (χ0v) is 17.1. The lowest BCUT2D eigenvalue weighted by atomic mass is 10.1. The molecule has 0 unspecified atom stereocenters. The standard InChI is InChI=1S/C24H23N5O2/c1-31-15-14-26-24(30)20-7-2-3-8-21(20)27-18-9-11-19-22(28-29-23(19)16-18)12-10-17-6-4-5-13-25-17/h2-13,16,27H,14-15H2,1H3,(H,26,30)(H,28,29)/b12-10+. The van der Waals surface area contributed by atoms with Gasteiger partial charge in [0.1, 0.15) is 0 Å². The fourth-order valence-corrected chi connectivity index (χ4v) is 3.19. The number of aromatic amines is 1. The molecular formula is C24H23N5O2. The number of para-hydroxylation sites is 1. The SMILES string of the molecule is COCCNC(=O)c1ccccc1Nc1ccc2c(/C=C/c3ccccn3)n[nH]c2c1. The summed E-state index contributed by atoms with van der Waals surface area (Å²) in [5.41, 5.74) is 4.76. The van der Waals surface area contributed by atoms with Gasteiger partial charge in [0.2, 0.25) is 0 Å². The number of hydrogen-bond donors (Lipinski definition) is 3.